The first-order valence-corrected chi connectivity index (χ1v) is 5.46. The van der Waals surface area contributed by atoms with Gasteiger partial charge in [-0.3, -0.25) is 0 Å². The van der Waals surface area contributed by atoms with Crippen molar-refractivity contribution >= 4 is 12.2 Å². The molecule has 1 aromatic heterocycles. The molecule has 0 aliphatic heterocycles. The van der Waals surface area contributed by atoms with Crippen molar-refractivity contribution in [2.24, 2.45) is 5.73 Å². The monoisotopic (exact) mass is 253 g/mol. The number of aromatic nitrogens is 1. The third-order valence-corrected chi connectivity index (χ3v) is 2.14. The van der Waals surface area contributed by atoms with Crippen LogP contribution in [-0.4, -0.2) is 35.2 Å². The Morgan fingerprint density at radius 1 is 1.33 bits per heavy atom. The highest BCUT2D eigenvalue weighted by molar-refractivity contribution is 5.71. The Labute approximate surface area is 104 Å². The van der Waals surface area contributed by atoms with Gasteiger partial charge < -0.3 is 20.1 Å². The third-order valence-electron chi connectivity index (χ3n) is 2.14. The number of carbonyl (C=O) groups is 2. The smallest absolute Gasteiger partial charge is 0.410 e. The summed E-state index contributed by atoms with van der Waals surface area (Å²) in [5, 5.41) is 0. The van der Waals surface area contributed by atoms with Crippen LogP contribution >= 0.6 is 0 Å². The van der Waals surface area contributed by atoms with Crippen molar-refractivity contribution < 1.29 is 19.1 Å². The number of hydrogen-bond acceptors (Lipinski definition) is 5. The molecule has 7 heteroatoms. The van der Waals surface area contributed by atoms with E-state index in [4.69, 9.17) is 10.5 Å². The summed E-state index contributed by atoms with van der Waals surface area (Å²) >= 11 is 0. The van der Waals surface area contributed by atoms with Gasteiger partial charge in [-0.05, 0) is 19.9 Å². The normalized spacial score (nSPS) is 9.67. The summed E-state index contributed by atoms with van der Waals surface area (Å²) in [6.45, 7) is 4.79. The number of hydrogen-bond donors (Lipinski definition) is 1. The van der Waals surface area contributed by atoms with Gasteiger partial charge in [-0.2, -0.15) is 0 Å². The second kappa shape index (κ2) is 6.43. The molecule has 98 valence electrons. The summed E-state index contributed by atoms with van der Waals surface area (Å²) in [7, 11) is 0. The number of ether oxygens (including phenoxy) is 2. The lowest BCUT2D eigenvalue weighted by molar-refractivity contribution is 0.157. The number of rotatable bonds is 4. The van der Waals surface area contributed by atoms with Gasteiger partial charge in [-0.15, -0.1) is 0 Å². The van der Waals surface area contributed by atoms with Gasteiger partial charge in [0.05, 0.1) is 0 Å². The van der Waals surface area contributed by atoms with E-state index < -0.39 is 12.2 Å². The molecule has 18 heavy (non-hydrogen) atoms. The van der Waals surface area contributed by atoms with E-state index in [2.05, 4.69) is 9.72 Å². The molecule has 1 aromatic rings. The average molecular weight is 253 g/mol. The first kappa shape index (κ1) is 13.8. The van der Waals surface area contributed by atoms with Crippen LogP contribution in [0.1, 0.15) is 13.8 Å². The van der Waals surface area contributed by atoms with E-state index in [1.165, 1.54) is 23.2 Å². The molecule has 0 unspecified atom stereocenters. The fourth-order valence-corrected chi connectivity index (χ4v) is 1.26. The lowest BCUT2D eigenvalue weighted by Gasteiger charge is -2.17. The number of nitrogens with zero attached hydrogens (tertiary/aromatic N) is 2. The fourth-order valence-electron chi connectivity index (χ4n) is 1.26. The van der Waals surface area contributed by atoms with Crippen molar-refractivity contribution in [3.63, 3.8) is 0 Å². The summed E-state index contributed by atoms with van der Waals surface area (Å²) < 4.78 is 9.67. The van der Waals surface area contributed by atoms with E-state index in [0.29, 0.717) is 13.1 Å². The molecule has 2 N–H and O–H groups in total. The maximum atomic E-state index is 11.7. The molecular weight excluding hydrogens is 238 g/mol. The second-order valence-electron chi connectivity index (χ2n) is 3.29. The fraction of sp³-hybridized carbons (Fsp3) is 0.364. The molecule has 1 rings (SSSR count). The molecule has 0 saturated heterocycles. The van der Waals surface area contributed by atoms with Gasteiger partial charge in [-0.25, -0.2) is 14.6 Å². The molecule has 0 aliphatic rings. The minimum Gasteiger partial charge on any atom is -0.410 e. The number of amides is 2. The molecule has 7 nitrogen and oxygen atoms in total. The zero-order valence-corrected chi connectivity index (χ0v) is 10.3. The maximum absolute atomic E-state index is 11.7. The molecule has 0 aliphatic carbocycles. The summed E-state index contributed by atoms with van der Waals surface area (Å²) in [4.78, 5) is 27.5. The van der Waals surface area contributed by atoms with Gasteiger partial charge in [0.15, 0.2) is 0 Å². The molecule has 0 fully saturated rings. The standard InChI is InChI=1S/C11H15N3O4/c1-3-14(4-2)11(16)17-8-5-6-13-9(7-8)18-10(12)15/h5-7H,3-4H2,1-2H3,(H2,12,15). The molecule has 2 amide bonds. The van der Waals surface area contributed by atoms with Crippen LogP contribution in [-0.2, 0) is 0 Å². The topological polar surface area (TPSA) is 94.8 Å². The summed E-state index contributed by atoms with van der Waals surface area (Å²) in [5.74, 6) is 0.213. The van der Waals surface area contributed by atoms with Gasteiger partial charge in [-0.1, -0.05) is 0 Å². The van der Waals surface area contributed by atoms with Crippen LogP contribution in [0.25, 0.3) is 0 Å². The second-order valence-corrected chi connectivity index (χ2v) is 3.29. The van der Waals surface area contributed by atoms with Crippen LogP contribution in [0, 0.1) is 0 Å². The van der Waals surface area contributed by atoms with E-state index in [0.717, 1.165) is 0 Å². The van der Waals surface area contributed by atoms with Gasteiger partial charge in [0.25, 0.3) is 0 Å². The quantitative estimate of drug-likeness (QED) is 0.874. The summed E-state index contributed by atoms with van der Waals surface area (Å²) in [6.07, 6.45) is -0.103. The first-order valence-electron chi connectivity index (χ1n) is 5.46. The van der Waals surface area contributed by atoms with Crippen molar-refractivity contribution in [1.82, 2.24) is 9.88 Å². The molecular formula is C11H15N3O4. The van der Waals surface area contributed by atoms with Crippen molar-refractivity contribution in [3.8, 4) is 11.6 Å². The number of carbonyl (C=O) groups excluding carboxylic acids is 2. The Kier molecular flexibility index (Phi) is 4.91. The average Bonchev–Trinajstić information content (AvgIpc) is 2.30. The lowest BCUT2D eigenvalue weighted by atomic mass is 10.4. The molecule has 0 radical (unpaired) electrons. The Bertz CT molecular complexity index is 432. The van der Waals surface area contributed by atoms with Crippen molar-refractivity contribution in [2.45, 2.75) is 13.8 Å². The van der Waals surface area contributed by atoms with Crippen LogP contribution in [0.5, 0.6) is 11.6 Å². The molecule has 0 bridgehead atoms. The van der Waals surface area contributed by atoms with Crippen molar-refractivity contribution in [2.75, 3.05) is 13.1 Å². The van der Waals surface area contributed by atoms with E-state index in [1.807, 2.05) is 13.8 Å². The Morgan fingerprint density at radius 2 is 2.00 bits per heavy atom. The largest absolute Gasteiger partial charge is 0.415 e. The minimum atomic E-state index is -0.977. The predicted molar refractivity (Wildman–Crippen MR) is 63.4 cm³/mol. The predicted octanol–water partition coefficient (Wildman–Crippen LogP) is 1.38. The van der Waals surface area contributed by atoms with Crippen LogP contribution < -0.4 is 15.2 Å². The van der Waals surface area contributed by atoms with Crippen LogP contribution in [0.3, 0.4) is 0 Å². The minimum absolute atomic E-state index is 0.0210. The lowest BCUT2D eigenvalue weighted by Crippen LogP contribution is -2.33. The highest BCUT2D eigenvalue weighted by Crippen LogP contribution is 2.17. The molecule has 0 atom stereocenters. The Balaban J connectivity index is 2.72. The van der Waals surface area contributed by atoms with Gasteiger partial charge in [0.2, 0.25) is 5.88 Å². The van der Waals surface area contributed by atoms with E-state index in [1.54, 1.807) is 0 Å². The molecule has 0 spiro atoms. The van der Waals surface area contributed by atoms with Crippen molar-refractivity contribution in [3.05, 3.63) is 18.3 Å². The van der Waals surface area contributed by atoms with E-state index in [9.17, 15) is 9.59 Å². The zero-order chi connectivity index (χ0) is 13.5. The SMILES string of the molecule is CCN(CC)C(=O)Oc1ccnc(OC(N)=O)c1. The third kappa shape index (κ3) is 3.93. The first-order chi connectivity index (χ1) is 8.56. The maximum Gasteiger partial charge on any atom is 0.415 e. The van der Waals surface area contributed by atoms with Crippen LogP contribution in [0.4, 0.5) is 9.59 Å². The van der Waals surface area contributed by atoms with Gasteiger partial charge >= 0.3 is 12.2 Å². The molecule has 1 heterocycles. The highest BCUT2D eigenvalue weighted by atomic mass is 16.6. The number of nitrogens with two attached hydrogens (primary N) is 1. The van der Waals surface area contributed by atoms with Gasteiger partial charge in [0, 0.05) is 25.4 Å². The van der Waals surface area contributed by atoms with Crippen molar-refractivity contribution in [1.29, 1.82) is 0 Å². The van der Waals surface area contributed by atoms with Crippen LogP contribution in [0.15, 0.2) is 18.3 Å². The highest BCUT2D eigenvalue weighted by Gasteiger charge is 2.12. The molecule has 0 saturated carbocycles. The molecule has 0 aromatic carbocycles. The Hall–Kier alpha value is -2.31. The number of pyridine rings is 1. The zero-order valence-electron chi connectivity index (χ0n) is 10.3. The van der Waals surface area contributed by atoms with E-state index in [-0.39, 0.29) is 11.6 Å². The Morgan fingerprint density at radius 3 is 2.56 bits per heavy atom. The summed E-state index contributed by atoms with van der Waals surface area (Å²) in [5.41, 5.74) is 4.85. The number of primary amides is 1. The summed E-state index contributed by atoms with van der Waals surface area (Å²) in [6, 6.07) is 2.79. The van der Waals surface area contributed by atoms with E-state index >= 15 is 0 Å². The van der Waals surface area contributed by atoms with Gasteiger partial charge in [0.1, 0.15) is 5.75 Å². The van der Waals surface area contributed by atoms with Crippen LogP contribution in [0.2, 0.25) is 0 Å².